The van der Waals surface area contributed by atoms with Crippen LogP contribution in [0.2, 0.25) is 0 Å². The van der Waals surface area contributed by atoms with Gasteiger partial charge in [-0.25, -0.2) is 0 Å². The molecule has 1 aliphatic rings. The van der Waals surface area contributed by atoms with Gasteiger partial charge in [-0.1, -0.05) is 18.2 Å². The molecule has 2 N–H and O–H groups in total. The van der Waals surface area contributed by atoms with Gasteiger partial charge < -0.3 is 19.9 Å². The largest absolute Gasteiger partial charge is 0.494 e. The summed E-state index contributed by atoms with van der Waals surface area (Å²) in [6.07, 6.45) is 0.770. The average molecular weight is 285 g/mol. The van der Waals surface area contributed by atoms with Crippen molar-refractivity contribution in [2.45, 2.75) is 19.4 Å². The number of nitrogens with two attached hydrogens (primary N) is 1. The molecule has 110 valence electrons. The third-order valence-corrected chi connectivity index (χ3v) is 3.51. The highest BCUT2D eigenvalue weighted by atomic mass is 16.7. The molecule has 1 atom stereocenters. The van der Waals surface area contributed by atoms with Crippen LogP contribution in [-0.2, 0) is 6.42 Å². The van der Waals surface area contributed by atoms with Gasteiger partial charge in [0.1, 0.15) is 5.75 Å². The molecule has 0 amide bonds. The maximum Gasteiger partial charge on any atom is 0.231 e. The summed E-state index contributed by atoms with van der Waals surface area (Å²) in [6, 6.07) is 13.9. The minimum absolute atomic E-state index is 0.0718. The van der Waals surface area contributed by atoms with Crippen molar-refractivity contribution >= 4 is 0 Å². The molecule has 4 heteroatoms. The van der Waals surface area contributed by atoms with E-state index in [0.717, 1.165) is 29.2 Å². The Morgan fingerprint density at radius 2 is 1.86 bits per heavy atom. The van der Waals surface area contributed by atoms with Crippen LogP contribution in [-0.4, -0.2) is 13.4 Å². The SMILES string of the molecule is CCOc1ccc(CC(N)c2ccc3c(c2)OCO3)cc1. The number of hydrogen-bond acceptors (Lipinski definition) is 4. The summed E-state index contributed by atoms with van der Waals surface area (Å²) in [6.45, 7) is 2.94. The second kappa shape index (κ2) is 6.06. The van der Waals surface area contributed by atoms with E-state index >= 15 is 0 Å². The molecule has 1 heterocycles. The van der Waals surface area contributed by atoms with Crippen LogP contribution in [0.4, 0.5) is 0 Å². The Labute approximate surface area is 124 Å². The van der Waals surface area contributed by atoms with Gasteiger partial charge >= 0.3 is 0 Å². The van der Waals surface area contributed by atoms with Gasteiger partial charge in [0, 0.05) is 6.04 Å². The first-order valence-electron chi connectivity index (χ1n) is 7.13. The van der Waals surface area contributed by atoms with Gasteiger partial charge in [0.2, 0.25) is 6.79 Å². The standard InChI is InChI=1S/C17H19NO3/c1-2-19-14-6-3-12(4-7-14)9-15(18)13-5-8-16-17(10-13)21-11-20-16/h3-8,10,15H,2,9,11,18H2,1H3. The molecule has 4 nitrogen and oxygen atoms in total. The average Bonchev–Trinajstić information content (AvgIpc) is 2.97. The molecule has 0 saturated carbocycles. The van der Waals surface area contributed by atoms with Crippen LogP contribution >= 0.6 is 0 Å². The number of benzene rings is 2. The van der Waals surface area contributed by atoms with E-state index in [1.165, 1.54) is 5.56 Å². The third-order valence-electron chi connectivity index (χ3n) is 3.51. The van der Waals surface area contributed by atoms with Crippen LogP contribution in [0.3, 0.4) is 0 Å². The van der Waals surface area contributed by atoms with Crippen molar-refractivity contribution in [2.24, 2.45) is 5.73 Å². The second-order valence-corrected chi connectivity index (χ2v) is 5.00. The van der Waals surface area contributed by atoms with E-state index in [-0.39, 0.29) is 12.8 Å². The maximum atomic E-state index is 6.29. The number of hydrogen-bond donors (Lipinski definition) is 1. The lowest BCUT2D eigenvalue weighted by molar-refractivity contribution is 0.174. The normalized spacial score (nSPS) is 14.0. The fourth-order valence-corrected chi connectivity index (χ4v) is 2.40. The van der Waals surface area contributed by atoms with E-state index < -0.39 is 0 Å². The van der Waals surface area contributed by atoms with E-state index in [4.69, 9.17) is 19.9 Å². The monoisotopic (exact) mass is 285 g/mol. The molecule has 2 aromatic carbocycles. The molecule has 3 rings (SSSR count). The molecule has 0 saturated heterocycles. The minimum Gasteiger partial charge on any atom is -0.494 e. The molecular formula is C17H19NO3. The predicted molar refractivity (Wildman–Crippen MR) is 80.8 cm³/mol. The molecule has 21 heavy (non-hydrogen) atoms. The van der Waals surface area contributed by atoms with Gasteiger partial charge in [-0.2, -0.15) is 0 Å². The fraction of sp³-hybridized carbons (Fsp3) is 0.294. The predicted octanol–water partition coefficient (Wildman–Crippen LogP) is 3.06. The van der Waals surface area contributed by atoms with Gasteiger partial charge in [0.05, 0.1) is 6.61 Å². The lowest BCUT2D eigenvalue weighted by Gasteiger charge is -2.13. The quantitative estimate of drug-likeness (QED) is 0.917. The summed E-state index contributed by atoms with van der Waals surface area (Å²) in [5, 5.41) is 0. The first-order valence-corrected chi connectivity index (χ1v) is 7.13. The Hall–Kier alpha value is -2.20. The fourth-order valence-electron chi connectivity index (χ4n) is 2.40. The highest BCUT2D eigenvalue weighted by Gasteiger charge is 2.16. The van der Waals surface area contributed by atoms with Gasteiger partial charge in [0.15, 0.2) is 11.5 Å². The lowest BCUT2D eigenvalue weighted by atomic mass is 9.99. The summed E-state index contributed by atoms with van der Waals surface area (Å²) < 4.78 is 16.1. The van der Waals surface area contributed by atoms with E-state index in [2.05, 4.69) is 12.1 Å². The first kappa shape index (κ1) is 13.8. The van der Waals surface area contributed by atoms with Crippen LogP contribution in [0, 0.1) is 0 Å². The van der Waals surface area contributed by atoms with Crippen molar-refractivity contribution in [1.82, 2.24) is 0 Å². The zero-order valence-corrected chi connectivity index (χ0v) is 12.0. The van der Waals surface area contributed by atoms with Gasteiger partial charge in [-0.05, 0) is 48.7 Å². The van der Waals surface area contributed by atoms with Crippen LogP contribution in [0.5, 0.6) is 17.2 Å². The molecule has 0 fully saturated rings. The second-order valence-electron chi connectivity index (χ2n) is 5.00. The van der Waals surface area contributed by atoms with Crippen LogP contribution < -0.4 is 19.9 Å². The molecule has 1 unspecified atom stereocenters. The van der Waals surface area contributed by atoms with E-state index in [0.29, 0.717) is 6.61 Å². The summed E-state index contributed by atoms with van der Waals surface area (Å²) >= 11 is 0. The van der Waals surface area contributed by atoms with Crippen LogP contribution in [0.1, 0.15) is 24.1 Å². The van der Waals surface area contributed by atoms with E-state index in [9.17, 15) is 0 Å². The van der Waals surface area contributed by atoms with Gasteiger partial charge in [0.25, 0.3) is 0 Å². The summed E-state index contributed by atoms with van der Waals surface area (Å²) in [5.41, 5.74) is 8.52. The van der Waals surface area contributed by atoms with Crippen molar-refractivity contribution in [3.8, 4) is 17.2 Å². The van der Waals surface area contributed by atoms with Crippen LogP contribution in [0.15, 0.2) is 42.5 Å². The molecule has 2 aromatic rings. The molecule has 0 spiro atoms. The Kier molecular flexibility index (Phi) is 3.97. The van der Waals surface area contributed by atoms with Crippen molar-refractivity contribution in [3.05, 3.63) is 53.6 Å². The smallest absolute Gasteiger partial charge is 0.231 e. The zero-order valence-electron chi connectivity index (χ0n) is 12.0. The van der Waals surface area contributed by atoms with Crippen LogP contribution in [0.25, 0.3) is 0 Å². The van der Waals surface area contributed by atoms with E-state index in [1.54, 1.807) is 0 Å². The first-order chi connectivity index (χ1) is 10.3. The lowest BCUT2D eigenvalue weighted by Crippen LogP contribution is -2.13. The van der Waals surface area contributed by atoms with Crippen molar-refractivity contribution in [3.63, 3.8) is 0 Å². The number of ether oxygens (including phenoxy) is 3. The van der Waals surface area contributed by atoms with Gasteiger partial charge in [-0.15, -0.1) is 0 Å². The number of fused-ring (bicyclic) bond motifs is 1. The third kappa shape index (κ3) is 3.11. The molecule has 1 aliphatic heterocycles. The Morgan fingerprint density at radius 3 is 2.62 bits per heavy atom. The molecule has 0 radical (unpaired) electrons. The van der Waals surface area contributed by atoms with E-state index in [1.807, 2.05) is 37.3 Å². The summed E-state index contributed by atoms with van der Waals surface area (Å²) in [5.74, 6) is 2.44. The Bertz CT molecular complexity index is 610. The molecule has 0 bridgehead atoms. The van der Waals surface area contributed by atoms with Crippen molar-refractivity contribution in [2.75, 3.05) is 13.4 Å². The zero-order chi connectivity index (χ0) is 14.7. The van der Waals surface area contributed by atoms with Crippen molar-refractivity contribution in [1.29, 1.82) is 0 Å². The molecular weight excluding hydrogens is 266 g/mol. The molecule has 0 aliphatic carbocycles. The molecule has 0 aromatic heterocycles. The van der Waals surface area contributed by atoms with Gasteiger partial charge in [-0.3, -0.25) is 0 Å². The highest BCUT2D eigenvalue weighted by Crippen LogP contribution is 2.34. The number of rotatable bonds is 5. The summed E-state index contributed by atoms with van der Waals surface area (Å²) in [7, 11) is 0. The highest BCUT2D eigenvalue weighted by molar-refractivity contribution is 5.45. The Morgan fingerprint density at radius 1 is 1.10 bits per heavy atom. The topological polar surface area (TPSA) is 53.7 Å². The summed E-state index contributed by atoms with van der Waals surface area (Å²) in [4.78, 5) is 0. The minimum atomic E-state index is -0.0718. The van der Waals surface area contributed by atoms with Crippen molar-refractivity contribution < 1.29 is 14.2 Å². The Balaban J connectivity index is 1.69. The maximum absolute atomic E-state index is 6.29.